The Kier molecular flexibility index (Phi) is 3.73. The zero-order valence-electron chi connectivity index (χ0n) is 10.7. The van der Waals surface area contributed by atoms with Crippen LogP contribution in [0.1, 0.15) is 12.8 Å². The van der Waals surface area contributed by atoms with Gasteiger partial charge in [0.25, 0.3) is 0 Å². The topological polar surface area (TPSA) is 56.5 Å². The van der Waals surface area contributed by atoms with Crippen molar-refractivity contribution in [1.82, 2.24) is 0 Å². The van der Waals surface area contributed by atoms with Crippen LogP contribution < -0.4 is 15.8 Å². The molecule has 1 aromatic rings. The maximum Gasteiger partial charge on any atom is 0.146 e. The highest BCUT2D eigenvalue weighted by Gasteiger charge is 2.43. The maximum absolute atomic E-state index is 13.7. The van der Waals surface area contributed by atoms with E-state index in [9.17, 15) is 4.39 Å². The second-order valence-electron chi connectivity index (χ2n) is 4.72. The van der Waals surface area contributed by atoms with Gasteiger partial charge in [-0.05, 0) is 25.0 Å². The van der Waals surface area contributed by atoms with Crippen molar-refractivity contribution in [1.29, 1.82) is 0 Å². The van der Waals surface area contributed by atoms with Gasteiger partial charge in [-0.25, -0.2) is 4.39 Å². The van der Waals surface area contributed by atoms with Crippen molar-refractivity contribution in [3.63, 3.8) is 0 Å². The van der Waals surface area contributed by atoms with Gasteiger partial charge in [-0.15, -0.1) is 0 Å². The quantitative estimate of drug-likeness (QED) is 0.840. The van der Waals surface area contributed by atoms with Crippen molar-refractivity contribution in [3.05, 3.63) is 24.0 Å². The van der Waals surface area contributed by atoms with Gasteiger partial charge >= 0.3 is 0 Å². The Morgan fingerprint density at radius 2 is 2.17 bits per heavy atom. The van der Waals surface area contributed by atoms with Gasteiger partial charge in [-0.2, -0.15) is 0 Å². The van der Waals surface area contributed by atoms with E-state index in [4.69, 9.17) is 15.2 Å². The van der Waals surface area contributed by atoms with Gasteiger partial charge in [0.1, 0.15) is 11.6 Å². The third-order valence-corrected chi connectivity index (χ3v) is 3.53. The number of anilines is 1. The molecule has 1 aliphatic rings. The number of halogens is 1. The zero-order chi connectivity index (χ0) is 13.2. The molecule has 0 saturated heterocycles. The van der Waals surface area contributed by atoms with Crippen LogP contribution in [0.4, 0.5) is 10.1 Å². The molecule has 0 atom stereocenters. The van der Waals surface area contributed by atoms with E-state index in [1.54, 1.807) is 26.4 Å². The molecular formula is C13H19FN2O2. The van der Waals surface area contributed by atoms with E-state index in [-0.39, 0.29) is 17.5 Å². The fraction of sp³-hybridized carbons (Fsp3) is 0.538. The third-order valence-electron chi connectivity index (χ3n) is 3.53. The van der Waals surface area contributed by atoms with Gasteiger partial charge in [0.05, 0.1) is 24.4 Å². The average molecular weight is 254 g/mol. The molecule has 0 amide bonds. The largest absolute Gasteiger partial charge is 0.497 e. The van der Waals surface area contributed by atoms with Crippen molar-refractivity contribution in [2.45, 2.75) is 24.5 Å². The lowest BCUT2D eigenvalue weighted by Crippen LogP contribution is -2.58. The van der Waals surface area contributed by atoms with E-state index >= 15 is 0 Å². The van der Waals surface area contributed by atoms with Gasteiger partial charge in [-0.1, -0.05) is 0 Å². The molecule has 4 nitrogen and oxygen atoms in total. The van der Waals surface area contributed by atoms with Crippen LogP contribution in [-0.4, -0.2) is 32.4 Å². The minimum absolute atomic E-state index is 0.203. The molecule has 18 heavy (non-hydrogen) atoms. The van der Waals surface area contributed by atoms with Crippen molar-refractivity contribution in [3.8, 4) is 5.75 Å². The normalized spacial score (nSPS) is 26.6. The van der Waals surface area contributed by atoms with Crippen LogP contribution in [0.3, 0.4) is 0 Å². The molecule has 1 aliphatic carbocycles. The molecule has 0 aliphatic heterocycles. The number of nitrogens with one attached hydrogen (secondary N) is 1. The second kappa shape index (κ2) is 5.12. The minimum Gasteiger partial charge on any atom is -0.497 e. The highest BCUT2D eigenvalue weighted by Crippen LogP contribution is 2.37. The standard InChI is InChI=1S/C13H19FN2O2/c1-17-9-3-4-11(14)12(5-9)16-13(8-15)6-10(7-13)18-2/h3-5,10,16H,6-8,15H2,1-2H3. The van der Waals surface area contributed by atoms with E-state index in [2.05, 4.69) is 5.32 Å². The monoisotopic (exact) mass is 254 g/mol. The molecule has 0 heterocycles. The lowest BCUT2D eigenvalue weighted by atomic mass is 9.74. The molecule has 1 aromatic carbocycles. The summed E-state index contributed by atoms with van der Waals surface area (Å²) in [4.78, 5) is 0. The molecule has 100 valence electrons. The molecule has 3 N–H and O–H groups in total. The summed E-state index contributed by atoms with van der Waals surface area (Å²) in [7, 11) is 3.23. The van der Waals surface area contributed by atoms with Gasteiger partial charge in [0.15, 0.2) is 0 Å². The fourth-order valence-corrected chi connectivity index (χ4v) is 2.31. The van der Waals surface area contributed by atoms with Crippen molar-refractivity contribution in [2.75, 3.05) is 26.1 Å². The summed E-state index contributed by atoms with van der Waals surface area (Å²) in [5, 5.41) is 3.19. The van der Waals surface area contributed by atoms with Crippen LogP contribution in [-0.2, 0) is 4.74 Å². The fourth-order valence-electron chi connectivity index (χ4n) is 2.31. The molecule has 0 unspecified atom stereocenters. The SMILES string of the molecule is COc1ccc(F)c(NC2(CN)CC(OC)C2)c1. The predicted molar refractivity (Wildman–Crippen MR) is 68.4 cm³/mol. The first-order valence-electron chi connectivity index (χ1n) is 5.97. The van der Waals surface area contributed by atoms with Gasteiger partial charge in [0, 0.05) is 19.7 Å². The summed E-state index contributed by atoms with van der Waals surface area (Å²) in [5.41, 5.74) is 5.94. The molecule has 5 heteroatoms. The van der Waals surface area contributed by atoms with E-state index in [1.165, 1.54) is 6.07 Å². The number of rotatable bonds is 5. The Bertz CT molecular complexity index is 419. The molecule has 0 radical (unpaired) electrons. The highest BCUT2D eigenvalue weighted by atomic mass is 19.1. The van der Waals surface area contributed by atoms with E-state index in [1.807, 2.05) is 0 Å². The molecular weight excluding hydrogens is 235 g/mol. The molecule has 0 aromatic heterocycles. The number of hydrogen-bond acceptors (Lipinski definition) is 4. The zero-order valence-corrected chi connectivity index (χ0v) is 10.7. The smallest absolute Gasteiger partial charge is 0.146 e. The van der Waals surface area contributed by atoms with Crippen LogP contribution in [0.25, 0.3) is 0 Å². The summed E-state index contributed by atoms with van der Waals surface area (Å²) < 4.78 is 24.1. The van der Waals surface area contributed by atoms with Crippen molar-refractivity contribution >= 4 is 5.69 Å². The summed E-state index contributed by atoms with van der Waals surface area (Å²) in [6.45, 7) is 0.448. The van der Waals surface area contributed by atoms with Crippen LogP contribution in [0.15, 0.2) is 18.2 Å². The number of ether oxygens (including phenoxy) is 2. The van der Waals surface area contributed by atoms with Crippen LogP contribution >= 0.6 is 0 Å². The Morgan fingerprint density at radius 1 is 1.44 bits per heavy atom. The first-order chi connectivity index (χ1) is 8.62. The van der Waals surface area contributed by atoms with Crippen LogP contribution in [0.2, 0.25) is 0 Å². The molecule has 1 fully saturated rings. The summed E-state index contributed by atoms with van der Waals surface area (Å²) in [6, 6.07) is 4.62. The Hall–Kier alpha value is -1.33. The van der Waals surface area contributed by atoms with Crippen molar-refractivity contribution in [2.24, 2.45) is 5.73 Å². The van der Waals surface area contributed by atoms with Gasteiger partial charge in [-0.3, -0.25) is 0 Å². The van der Waals surface area contributed by atoms with Crippen LogP contribution in [0, 0.1) is 5.82 Å². The number of benzene rings is 1. The molecule has 0 spiro atoms. The third kappa shape index (κ3) is 2.42. The number of nitrogens with two attached hydrogens (primary N) is 1. The molecule has 0 bridgehead atoms. The number of hydrogen-bond donors (Lipinski definition) is 2. The van der Waals surface area contributed by atoms with E-state index < -0.39 is 0 Å². The predicted octanol–water partition coefficient (Wildman–Crippen LogP) is 1.75. The van der Waals surface area contributed by atoms with E-state index in [0.717, 1.165) is 12.8 Å². The van der Waals surface area contributed by atoms with Gasteiger partial charge < -0.3 is 20.5 Å². The molecule has 1 saturated carbocycles. The first kappa shape index (κ1) is 13.1. The van der Waals surface area contributed by atoms with Gasteiger partial charge in [0.2, 0.25) is 0 Å². The Labute approximate surface area is 106 Å². The summed E-state index contributed by atoms with van der Waals surface area (Å²) in [6.07, 6.45) is 1.78. The Balaban J connectivity index is 2.13. The summed E-state index contributed by atoms with van der Waals surface area (Å²) >= 11 is 0. The Morgan fingerprint density at radius 3 is 2.72 bits per heavy atom. The lowest BCUT2D eigenvalue weighted by molar-refractivity contribution is -0.00256. The maximum atomic E-state index is 13.7. The summed E-state index contributed by atoms with van der Waals surface area (Å²) in [5.74, 6) is 0.318. The highest BCUT2D eigenvalue weighted by molar-refractivity contribution is 5.52. The average Bonchev–Trinajstić information content (AvgIpc) is 2.35. The second-order valence-corrected chi connectivity index (χ2v) is 4.72. The van der Waals surface area contributed by atoms with E-state index in [0.29, 0.717) is 18.0 Å². The van der Waals surface area contributed by atoms with Crippen molar-refractivity contribution < 1.29 is 13.9 Å². The molecule has 2 rings (SSSR count). The minimum atomic E-state index is -0.301. The number of methoxy groups -OCH3 is 2. The van der Waals surface area contributed by atoms with Crippen LogP contribution in [0.5, 0.6) is 5.75 Å². The first-order valence-corrected chi connectivity index (χ1v) is 5.97. The lowest BCUT2D eigenvalue weighted by Gasteiger charge is -2.47.